The second-order valence-corrected chi connectivity index (χ2v) is 4.21. The van der Waals surface area contributed by atoms with Crippen LogP contribution in [0.25, 0.3) is 0 Å². The van der Waals surface area contributed by atoms with Gasteiger partial charge in [0.1, 0.15) is 0 Å². The Labute approximate surface area is 116 Å². The SMILES string of the molecule is COC(=O)c1ccc(C(=O)Nc2cnccc2C)cc1. The first kappa shape index (κ1) is 13.7. The normalized spacial score (nSPS) is 9.90. The molecule has 1 heterocycles. The number of rotatable bonds is 3. The fraction of sp³-hybridized carbons (Fsp3) is 0.133. The van der Waals surface area contributed by atoms with Crippen molar-refractivity contribution in [3.05, 3.63) is 59.4 Å². The maximum atomic E-state index is 12.1. The fourth-order valence-electron chi connectivity index (χ4n) is 1.66. The van der Waals surface area contributed by atoms with Crippen LogP contribution in [0.5, 0.6) is 0 Å². The Morgan fingerprint density at radius 1 is 1.10 bits per heavy atom. The lowest BCUT2D eigenvalue weighted by Crippen LogP contribution is -2.13. The van der Waals surface area contributed by atoms with Crippen molar-refractivity contribution in [2.75, 3.05) is 12.4 Å². The Balaban J connectivity index is 2.14. The van der Waals surface area contributed by atoms with Crippen LogP contribution in [0.3, 0.4) is 0 Å². The molecule has 0 spiro atoms. The van der Waals surface area contributed by atoms with Crippen LogP contribution in [0.4, 0.5) is 5.69 Å². The van der Waals surface area contributed by atoms with E-state index < -0.39 is 5.97 Å². The minimum Gasteiger partial charge on any atom is -0.465 e. The van der Waals surface area contributed by atoms with Gasteiger partial charge in [-0.3, -0.25) is 9.78 Å². The molecular weight excluding hydrogens is 256 g/mol. The summed E-state index contributed by atoms with van der Waals surface area (Å²) in [7, 11) is 1.31. The Bertz CT molecular complexity index is 636. The molecule has 1 aromatic carbocycles. The molecule has 0 aliphatic rings. The number of hydrogen-bond acceptors (Lipinski definition) is 4. The van der Waals surface area contributed by atoms with Crippen LogP contribution in [0.1, 0.15) is 26.3 Å². The quantitative estimate of drug-likeness (QED) is 0.870. The first-order chi connectivity index (χ1) is 9.61. The second kappa shape index (κ2) is 5.97. The van der Waals surface area contributed by atoms with E-state index >= 15 is 0 Å². The van der Waals surface area contributed by atoms with Gasteiger partial charge >= 0.3 is 5.97 Å². The molecule has 1 amide bonds. The Hall–Kier alpha value is -2.69. The highest BCUT2D eigenvalue weighted by atomic mass is 16.5. The van der Waals surface area contributed by atoms with Gasteiger partial charge in [0.25, 0.3) is 5.91 Å². The zero-order chi connectivity index (χ0) is 14.5. The molecule has 0 unspecified atom stereocenters. The third kappa shape index (κ3) is 3.00. The van der Waals surface area contributed by atoms with Gasteiger partial charge in [0.05, 0.1) is 24.6 Å². The summed E-state index contributed by atoms with van der Waals surface area (Å²) in [6.07, 6.45) is 3.26. The van der Waals surface area contributed by atoms with E-state index in [4.69, 9.17) is 0 Å². The number of ether oxygens (including phenoxy) is 1. The van der Waals surface area contributed by atoms with E-state index in [0.29, 0.717) is 16.8 Å². The number of hydrogen-bond donors (Lipinski definition) is 1. The Kier molecular flexibility index (Phi) is 4.10. The van der Waals surface area contributed by atoms with Crippen LogP contribution in [0, 0.1) is 6.92 Å². The molecule has 2 aromatic rings. The first-order valence-electron chi connectivity index (χ1n) is 6.02. The van der Waals surface area contributed by atoms with Crippen molar-refractivity contribution in [1.29, 1.82) is 0 Å². The highest BCUT2D eigenvalue weighted by Crippen LogP contribution is 2.13. The Morgan fingerprint density at radius 3 is 2.35 bits per heavy atom. The van der Waals surface area contributed by atoms with Crippen LogP contribution < -0.4 is 5.32 Å². The lowest BCUT2D eigenvalue weighted by molar-refractivity contribution is 0.0600. The van der Waals surface area contributed by atoms with E-state index in [-0.39, 0.29) is 5.91 Å². The fourth-order valence-corrected chi connectivity index (χ4v) is 1.66. The predicted molar refractivity (Wildman–Crippen MR) is 74.7 cm³/mol. The average molecular weight is 270 g/mol. The summed E-state index contributed by atoms with van der Waals surface area (Å²) in [6, 6.07) is 8.07. The molecule has 5 nitrogen and oxygen atoms in total. The van der Waals surface area contributed by atoms with Gasteiger partial charge in [-0.2, -0.15) is 0 Å². The number of carbonyl (C=O) groups excluding carboxylic acids is 2. The summed E-state index contributed by atoms with van der Waals surface area (Å²) in [6.45, 7) is 1.89. The molecule has 0 saturated heterocycles. The molecule has 1 N–H and O–H groups in total. The van der Waals surface area contributed by atoms with Crippen molar-refractivity contribution in [3.8, 4) is 0 Å². The minimum atomic E-state index is -0.430. The number of benzene rings is 1. The van der Waals surface area contributed by atoms with Gasteiger partial charge in [-0.15, -0.1) is 0 Å². The maximum Gasteiger partial charge on any atom is 0.337 e. The summed E-state index contributed by atoms with van der Waals surface area (Å²) in [4.78, 5) is 27.3. The van der Waals surface area contributed by atoms with Crippen LogP contribution >= 0.6 is 0 Å². The molecule has 0 radical (unpaired) electrons. The third-order valence-electron chi connectivity index (χ3n) is 2.86. The number of anilines is 1. The zero-order valence-electron chi connectivity index (χ0n) is 11.2. The molecule has 0 atom stereocenters. The number of aromatic nitrogens is 1. The van der Waals surface area contributed by atoms with Gasteiger partial charge in [0, 0.05) is 11.8 Å². The number of amides is 1. The van der Waals surface area contributed by atoms with Gasteiger partial charge in [-0.1, -0.05) is 0 Å². The summed E-state index contributed by atoms with van der Waals surface area (Å²) in [5, 5.41) is 2.77. The highest BCUT2D eigenvalue weighted by Gasteiger charge is 2.10. The number of nitrogens with zero attached hydrogens (tertiary/aromatic N) is 1. The molecule has 0 fully saturated rings. The van der Waals surface area contributed by atoms with E-state index in [1.165, 1.54) is 7.11 Å². The molecule has 2 rings (SSSR count). The molecular formula is C15H14N2O3. The van der Waals surface area contributed by atoms with Gasteiger partial charge in [-0.05, 0) is 42.8 Å². The van der Waals surface area contributed by atoms with Crippen molar-refractivity contribution in [1.82, 2.24) is 4.98 Å². The molecule has 20 heavy (non-hydrogen) atoms. The monoisotopic (exact) mass is 270 g/mol. The molecule has 0 aliphatic heterocycles. The van der Waals surface area contributed by atoms with E-state index in [2.05, 4.69) is 15.0 Å². The largest absolute Gasteiger partial charge is 0.465 e. The number of pyridine rings is 1. The summed E-state index contributed by atoms with van der Waals surface area (Å²) >= 11 is 0. The number of esters is 1. The molecule has 1 aromatic heterocycles. The van der Waals surface area contributed by atoms with Crippen molar-refractivity contribution < 1.29 is 14.3 Å². The topological polar surface area (TPSA) is 68.3 Å². The van der Waals surface area contributed by atoms with Crippen molar-refractivity contribution in [2.45, 2.75) is 6.92 Å². The minimum absolute atomic E-state index is 0.252. The van der Waals surface area contributed by atoms with E-state index in [1.807, 2.05) is 13.0 Å². The molecule has 102 valence electrons. The number of nitrogens with one attached hydrogen (secondary N) is 1. The van der Waals surface area contributed by atoms with Crippen molar-refractivity contribution in [2.24, 2.45) is 0 Å². The van der Waals surface area contributed by atoms with Crippen molar-refractivity contribution >= 4 is 17.6 Å². The number of methoxy groups -OCH3 is 1. The maximum absolute atomic E-state index is 12.1. The second-order valence-electron chi connectivity index (χ2n) is 4.21. The van der Waals surface area contributed by atoms with Gasteiger partial charge in [-0.25, -0.2) is 4.79 Å². The third-order valence-corrected chi connectivity index (χ3v) is 2.86. The number of aryl methyl sites for hydroxylation is 1. The lowest BCUT2D eigenvalue weighted by Gasteiger charge is -2.07. The zero-order valence-corrected chi connectivity index (χ0v) is 11.2. The summed E-state index contributed by atoms with van der Waals surface area (Å²) in [5.41, 5.74) is 2.46. The van der Waals surface area contributed by atoms with Crippen LogP contribution in [-0.4, -0.2) is 24.0 Å². The Morgan fingerprint density at radius 2 is 1.75 bits per heavy atom. The highest BCUT2D eigenvalue weighted by molar-refractivity contribution is 6.05. The van der Waals surface area contributed by atoms with E-state index in [9.17, 15) is 9.59 Å². The smallest absolute Gasteiger partial charge is 0.337 e. The predicted octanol–water partition coefficient (Wildman–Crippen LogP) is 2.43. The summed E-state index contributed by atoms with van der Waals surface area (Å²) in [5.74, 6) is -0.683. The first-order valence-corrected chi connectivity index (χ1v) is 6.02. The van der Waals surface area contributed by atoms with Gasteiger partial charge in [0.2, 0.25) is 0 Å². The van der Waals surface area contributed by atoms with Gasteiger partial charge in [0.15, 0.2) is 0 Å². The van der Waals surface area contributed by atoms with Crippen molar-refractivity contribution in [3.63, 3.8) is 0 Å². The van der Waals surface area contributed by atoms with E-state index in [0.717, 1.165) is 5.56 Å². The molecule has 0 saturated carbocycles. The van der Waals surface area contributed by atoms with Crippen LogP contribution in [0.15, 0.2) is 42.7 Å². The molecule has 0 aliphatic carbocycles. The van der Waals surface area contributed by atoms with E-state index in [1.54, 1.807) is 36.7 Å². The lowest BCUT2D eigenvalue weighted by atomic mass is 10.1. The summed E-state index contributed by atoms with van der Waals surface area (Å²) < 4.78 is 4.60. The molecule has 5 heteroatoms. The number of carbonyl (C=O) groups is 2. The molecule has 0 bridgehead atoms. The average Bonchev–Trinajstić information content (AvgIpc) is 2.49. The van der Waals surface area contributed by atoms with Crippen LogP contribution in [0.2, 0.25) is 0 Å². The van der Waals surface area contributed by atoms with Gasteiger partial charge < -0.3 is 10.1 Å². The van der Waals surface area contributed by atoms with Crippen LogP contribution in [-0.2, 0) is 4.74 Å². The standard InChI is InChI=1S/C15H14N2O3/c1-10-7-8-16-9-13(10)17-14(18)11-3-5-12(6-4-11)15(19)20-2/h3-9H,1-2H3,(H,17,18).